The van der Waals surface area contributed by atoms with Crippen molar-refractivity contribution in [1.29, 1.82) is 0 Å². The molecule has 2 aromatic heterocycles. The number of H-pyrrole nitrogens is 1. The Kier molecular flexibility index (Phi) is 2.37. The van der Waals surface area contributed by atoms with Gasteiger partial charge in [-0.05, 0) is 12.1 Å². The Hall–Kier alpha value is -1.81. The Balaban J connectivity index is 2.10. The van der Waals surface area contributed by atoms with Crippen molar-refractivity contribution in [1.82, 2.24) is 15.0 Å². The van der Waals surface area contributed by atoms with Gasteiger partial charge >= 0.3 is 0 Å². The summed E-state index contributed by atoms with van der Waals surface area (Å²) in [6, 6.07) is 5.86. The molecule has 17 heavy (non-hydrogen) atoms. The lowest BCUT2D eigenvalue weighted by Gasteiger charge is -1.96. The first-order valence-electron chi connectivity index (χ1n) is 5.23. The third kappa shape index (κ3) is 1.80. The van der Waals surface area contributed by atoms with Crippen LogP contribution in [0.25, 0.3) is 22.4 Å². The molecule has 5 heteroatoms. The molecule has 0 aliphatic heterocycles. The molecule has 0 bridgehead atoms. The summed E-state index contributed by atoms with van der Waals surface area (Å²) in [6.07, 6.45) is 1.77. The molecule has 0 unspecified atom stereocenters. The summed E-state index contributed by atoms with van der Waals surface area (Å²) < 4.78 is 5.49. The third-order valence-corrected chi connectivity index (χ3v) is 2.81. The van der Waals surface area contributed by atoms with Crippen molar-refractivity contribution in [2.24, 2.45) is 0 Å². The van der Waals surface area contributed by atoms with Crippen LogP contribution in [0.4, 0.5) is 0 Å². The van der Waals surface area contributed by atoms with E-state index >= 15 is 0 Å². The number of benzene rings is 1. The van der Waals surface area contributed by atoms with Crippen LogP contribution in [-0.4, -0.2) is 15.0 Å². The molecule has 4 nitrogen and oxygen atoms in total. The molecule has 0 fully saturated rings. The van der Waals surface area contributed by atoms with E-state index in [9.17, 15) is 0 Å². The van der Waals surface area contributed by atoms with Gasteiger partial charge in [-0.15, -0.1) is 11.6 Å². The van der Waals surface area contributed by atoms with Crippen LogP contribution in [0.2, 0.25) is 0 Å². The van der Waals surface area contributed by atoms with Gasteiger partial charge in [0.1, 0.15) is 11.3 Å². The fourth-order valence-electron chi connectivity index (χ4n) is 1.78. The first-order valence-corrected chi connectivity index (χ1v) is 5.77. The molecule has 1 aromatic carbocycles. The Morgan fingerprint density at radius 1 is 1.41 bits per heavy atom. The van der Waals surface area contributed by atoms with E-state index in [4.69, 9.17) is 16.0 Å². The van der Waals surface area contributed by atoms with Crippen LogP contribution in [-0.2, 0) is 5.88 Å². The molecule has 3 aromatic rings. The lowest BCUT2D eigenvalue weighted by atomic mass is 10.1. The molecular formula is C12H10ClN3O. The van der Waals surface area contributed by atoms with Crippen molar-refractivity contribution in [3.8, 4) is 11.3 Å². The molecule has 0 radical (unpaired) electrons. The number of imidazole rings is 1. The Labute approximate surface area is 103 Å². The molecule has 0 saturated heterocycles. The number of rotatable bonds is 2. The number of alkyl halides is 1. The fraction of sp³-hybridized carbons (Fsp3) is 0.167. The minimum Gasteiger partial charge on any atom is -0.441 e. The minimum atomic E-state index is 0.379. The second-order valence-electron chi connectivity index (χ2n) is 3.79. The summed E-state index contributed by atoms with van der Waals surface area (Å²) in [7, 11) is 0. The predicted octanol–water partition coefficient (Wildman–Crippen LogP) is 3.27. The average Bonchev–Trinajstić information content (AvgIpc) is 2.92. The standard InChI is InChI=1S/C12H10ClN3O/c1-7-15-9-3-2-8(4-11(9)17-7)10-6-14-12(5-13)16-10/h2-4,6H,5H2,1H3,(H,14,16). The maximum absolute atomic E-state index is 5.70. The van der Waals surface area contributed by atoms with E-state index in [1.807, 2.05) is 25.1 Å². The zero-order valence-corrected chi connectivity index (χ0v) is 9.95. The number of fused-ring (bicyclic) bond motifs is 1. The van der Waals surface area contributed by atoms with Crippen LogP contribution < -0.4 is 0 Å². The van der Waals surface area contributed by atoms with E-state index in [0.717, 1.165) is 28.2 Å². The predicted molar refractivity (Wildman–Crippen MR) is 65.9 cm³/mol. The molecule has 0 spiro atoms. The van der Waals surface area contributed by atoms with Crippen LogP contribution in [0.15, 0.2) is 28.8 Å². The third-order valence-electron chi connectivity index (χ3n) is 2.56. The second kappa shape index (κ2) is 3.89. The van der Waals surface area contributed by atoms with Crippen molar-refractivity contribution in [3.05, 3.63) is 36.1 Å². The van der Waals surface area contributed by atoms with E-state index in [0.29, 0.717) is 11.8 Å². The number of aryl methyl sites for hydroxylation is 1. The number of nitrogens with one attached hydrogen (secondary N) is 1. The SMILES string of the molecule is Cc1nc2ccc(-c3cnc(CCl)[nH]3)cc2o1. The zero-order chi connectivity index (χ0) is 11.8. The summed E-state index contributed by atoms with van der Waals surface area (Å²) in [5, 5.41) is 0. The molecule has 0 atom stereocenters. The molecule has 3 rings (SSSR count). The number of aromatic nitrogens is 3. The summed E-state index contributed by atoms with van der Waals surface area (Å²) in [4.78, 5) is 11.6. The molecule has 86 valence electrons. The molecule has 2 heterocycles. The Morgan fingerprint density at radius 3 is 3.06 bits per heavy atom. The first-order chi connectivity index (χ1) is 8.26. The molecule has 1 N–H and O–H groups in total. The molecular weight excluding hydrogens is 238 g/mol. The maximum Gasteiger partial charge on any atom is 0.192 e. The maximum atomic E-state index is 5.70. The average molecular weight is 248 g/mol. The first kappa shape index (κ1) is 10.4. The van der Waals surface area contributed by atoms with Gasteiger partial charge in [-0.3, -0.25) is 0 Å². The highest BCUT2D eigenvalue weighted by Crippen LogP contribution is 2.23. The molecule has 0 aliphatic rings. The summed E-state index contributed by atoms with van der Waals surface area (Å²) in [5.74, 6) is 1.81. The number of halogens is 1. The van der Waals surface area contributed by atoms with E-state index in [1.165, 1.54) is 0 Å². The normalized spacial score (nSPS) is 11.2. The van der Waals surface area contributed by atoms with Gasteiger partial charge in [0.2, 0.25) is 0 Å². The topological polar surface area (TPSA) is 54.7 Å². The van der Waals surface area contributed by atoms with E-state index < -0.39 is 0 Å². The van der Waals surface area contributed by atoms with Crippen LogP contribution in [0.1, 0.15) is 11.7 Å². The van der Waals surface area contributed by atoms with Gasteiger partial charge in [-0.25, -0.2) is 9.97 Å². The lowest BCUT2D eigenvalue weighted by Crippen LogP contribution is -1.80. The highest BCUT2D eigenvalue weighted by molar-refractivity contribution is 6.16. The number of hydrogen-bond acceptors (Lipinski definition) is 3. The highest BCUT2D eigenvalue weighted by Gasteiger charge is 2.06. The van der Waals surface area contributed by atoms with Gasteiger partial charge in [-0.2, -0.15) is 0 Å². The summed E-state index contributed by atoms with van der Waals surface area (Å²) in [5.41, 5.74) is 3.58. The second-order valence-corrected chi connectivity index (χ2v) is 4.06. The van der Waals surface area contributed by atoms with Crippen molar-refractivity contribution in [3.63, 3.8) is 0 Å². The fourth-order valence-corrected chi connectivity index (χ4v) is 1.92. The van der Waals surface area contributed by atoms with E-state index in [-0.39, 0.29) is 0 Å². The lowest BCUT2D eigenvalue weighted by molar-refractivity contribution is 0.561. The molecule has 0 amide bonds. The minimum absolute atomic E-state index is 0.379. The largest absolute Gasteiger partial charge is 0.441 e. The van der Waals surface area contributed by atoms with Crippen molar-refractivity contribution >= 4 is 22.7 Å². The van der Waals surface area contributed by atoms with Crippen molar-refractivity contribution in [2.75, 3.05) is 0 Å². The molecule has 0 aliphatic carbocycles. The van der Waals surface area contributed by atoms with Gasteiger partial charge in [-0.1, -0.05) is 6.07 Å². The van der Waals surface area contributed by atoms with Gasteiger partial charge in [0, 0.05) is 12.5 Å². The summed E-state index contributed by atoms with van der Waals surface area (Å²) in [6.45, 7) is 1.83. The quantitative estimate of drug-likeness (QED) is 0.707. The zero-order valence-electron chi connectivity index (χ0n) is 9.20. The smallest absolute Gasteiger partial charge is 0.192 e. The highest BCUT2D eigenvalue weighted by atomic mass is 35.5. The van der Waals surface area contributed by atoms with Crippen LogP contribution in [0, 0.1) is 6.92 Å². The van der Waals surface area contributed by atoms with Crippen LogP contribution in [0.3, 0.4) is 0 Å². The van der Waals surface area contributed by atoms with E-state index in [1.54, 1.807) is 6.20 Å². The van der Waals surface area contributed by atoms with Gasteiger partial charge < -0.3 is 9.40 Å². The van der Waals surface area contributed by atoms with Gasteiger partial charge in [0.25, 0.3) is 0 Å². The Bertz CT molecular complexity index is 671. The summed E-state index contributed by atoms with van der Waals surface area (Å²) >= 11 is 5.70. The number of aromatic amines is 1. The number of oxazole rings is 1. The van der Waals surface area contributed by atoms with Crippen LogP contribution >= 0.6 is 11.6 Å². The monoisotopic (exact) mass is 247 g/mol. The molecule has 0 saturated carbocycles. The van der Waals surface area contributed by atoms with Crippen molar-refractivity contribution < 1.29 is 4.42 Å². The van der Waals surface area contributed by atoms with Gasteiger partial charge in [0.15, 0.2) is 11.5 Å². The van der Waals surface area contributed by atoms with Gasteiger partial charge in [0.05, 0.1) is 17.8 Å². The number of hydrogen-bond donors (Lipinski definition) is 1. The number of nitrogens with zero attached hydrogens (tertiary/aromatic N) is 2. The van der Waals surface area contributed by atoms with Crippen molar-refractivity contribution in [2.45, 2.75) is 12.8 Å². The van der Waals surface area contributed by atoms with Crippen LogP contribution in [0.5, 0.6) is 0 Å². The Morgan fingerprint density at radius 2 is 2.29 bits per heavy atom. The van der Waals surface area contributed by atoms with E-state index in [2.05, 4.69) is 15.0 Å².